The van der Waals surface area contributed by atoms with Crippen molar-refractivity contribution in [1.82, 2.24) is 0 Å². The molecule has 2 aromatic carbocycles. The molecule has 0 saturated heterocycles. The van der Waals surface area contributed by atoms with E-state index in [0.29, 0.717) is 0 Å². The van der Waals surface area contributed by atoms with Gasteiger partial charge >= 0.3 is 0 Å². The standard InChI is InChI=1S/C17H14ClNS/c18-15-8-4-5-9-16(15)19-12-14-10-11-17(20-14)13-6-2-1-3-7-13/h1-11,19H,12H2. The highest BCUT2D eigenvalue weighted by molar-refractivity contribution is 7.15. The number of rotatable bonds is 4. The third kappa shape index (κ3) is 3.03. The first-order valence-corrected chi connectivity index (χ1v) is 7.65. The predicted molar refractivity (Wildman–Crippen MR) is 88.5 cm³/mol. The molecule has 0 fully saturated rings. The molecule has 0 atom stereocenters. The molecule has 0 aliphatic carbocycles. The normalized spacial score (nSPS) is 10.4. The van der Waals surface area contributed by atoms with Crippen LogP contribution in [-0.4, -0.2) is 0 Å². The molecule has 0 saturated carbocycles. The molecule has 0 spiro atoms. The molecule has 1 nitrogen and oxygen atoms in total. The van der Waals surface area contributed by atoms with E-state index in [2.05, 4.69) is 41.7 Å². The molecular formula is C17H14ClNS. The molecule has 1 N–H and O–H groups in total. The van der Waals surface area contributed by atoms with Crippen LogP contribution in [0.15, 0.2) is 66.7 Å². The lowest BCUT2D eigenvalue weighted by Crippen LogP contribution is -1.97. The fourth-order valence-corrected chi connectivity index (χ4v) is 3.17. The zero-order valence-corrected chi connectivity index (χ0v) is 12.4. The molecule has 0 radical (unpaired) electrons. The van der Waals surface area contributed by atoms with Crippen LogP contribution in [-0.2, 0) is 6.54 Å². The number of hydrogen-bond acceptors (Lipinski definition) is 2. The number of hydrogen-bond donors (Lipinski definition) is 1. The molecule has 3 aromatic rings. The lowest BCUT2D eigenvalue weighted by Gasteiger charge is -2.06. The minimum absolute atomic E-state index is 0.757. The second kappa shape index (κ2) is 6.12. The first kappa shape index (κ1) is 13.2. The van der Waals surface area contributed by atoms with Gasteiger partial charge in [-0.2, -0.15) is 0 Å². The molecule has 3 rings (SSSR count). The molecule has 3 heteroatoms. The predicted octanol–water partition coefficient (Wildman–Crippen LogP) is 5.68. The smallest absolute Gasteiger partial charge is 0.0637 e. The monoisotopic (exact) mass is 299 g/mol. The topological polar surface area (TPSA) is 12.0 Å². The molecule has 0 unspecified atom stereocenters. The van der Waals surface area contributed by atoms with E-state index < -0.39 is 0 Å². The van der Waals surface area contributed by atoms with Gasteiger partial charge in [0.15, 0.2) is 0 Å². The summed E-state index contributed by atoms with van der Waals surface area (Å²) in [7, 11) is 0. The Morgan fingerprint density at radius 1 is 0.850 bits per heavy atom. The lowest BCUT2D eigenvalue weighted by molar-refractivity contribution is 1.19. The Kier molecular flexibility index (Phi) is 4.05. The number of anilines is 1. The van der Waals surface area contributed by atoms with Crippen molar-refractivity contribution in [1.29, 1.82) is 0 Å². The molecule has 0 aliphatic heterocycles. The molecule has 100 valence electrons. The van der Waals surface area contributed by atoms with Gasteiger partial charge in [0.25, 0.3) is 0 Å². The van der Waals surface area contributed by atoms with Gasteiger partial charge in [0, 0.05) is 16.3 Å². The van der Waals surface area contributed by atoms with Crippen molar-refractivity contribution < 1.29 is 0 Å². The van der Waals surface area contributed by atoms with E-state index in [1.54, 1.807) is 11.3 Å². The molecule has 1 heterocycles. The maximum absolute atomic E-state index is 6.13. The van der Waals surface area contributed by atoms with Crippen LogP contribution in [0.3, 0.4) is 0 Å². The number of benzene rings is 2. The summed E-state index contributed by atoms with van der Waals surface area (Å²) in [6.45, 7) is 0.793. The number of nitrogens with one attached hydrogen (secondary N) is 1. The summed E-state index contributed by atoms with van der Waals surface area (Å²) in [5.41, 5.74) is 2.24. The molecule has 20 heavy (non-hydrogen) atoms. The fraction of sp³-hybridized carbons (Fsp3) is 0.0588. The summed E-state index contributed by atoms with van der Waals surface area (Å²) < 4.78 is 0. The maximum atomic E-state index is 6.13. The highest BCUT2D eigenvalue weighted by Crippen LogP contribution is 2.29. The average Bonchev–Trinajstić information content (AvgIpc) is 2.96. The van der Waals surface area contributed by atoms with Crippen molar-refractivity contribution in [3.63, 3.8) is 0 Å². The van der Waals surface area contributed by atoms with Crippen molar-refractivity contribution in [2.45, 2.75) is 6.54 Å². The van der Waals surface area contributed by atoms with E-state index in [1.807, 2.05) is 30.3 Å². The van der Waals surface area contributed by atoms with E-state index in [9.17, 15) is 0 Å². The van der Waals surface area contributed by atoms with E-state index in [-0.39, 0.29) is 0 Å². The summed E-state index contributed by atoms with van der Waals surface area (Å²) in [5, 5.41) is 4.13. The van der Waals surface area contributed by atoms with Gasteiger partial charge < -0.3 is 5.32 Å². The highest BCUT2D eigenvalue weighted by atomic mass is 35.5. The third-order valence-electron chi connectivity index (χ3n) is 3.05. The lowest BCUT2D eigenvalue weighted by atomic mass is 10.2. The first-order valence-electron chi connectivity index (χ1n) is 6.45. The van der Waals surface area contributed by atoms with E-state index in [0.717, 1.165) is 17.3 Å². The van der Waals surface area contributed by atoms with Crippen LogP contribution in [0.25, 0.3) is 10.4 Å². The van der Waals surface area contributed by atoms with Gasteiger partial charge in [0.2, 0.25) is 0 Å². The second-order valence-corrected chi connectivity index (χ2v) is 6.04. The molecular weight excluding hydrogens is 286 g/mol. The Hall–Kier alpha value is -1.77. The second-order valence-electron chi connectivity index (χ2n) is 4.47. The largest absolute Gasteiger partial charge is 0.379 e. The van der Waals surface area contributed by atoms with Gasteiger partial charge in [-0.1, -0.05) is 54.1 Å². The van der Waals surface area contributed by atoms with E-state index in [4.69, 9.17) is 11.6 Å². The van der Waals surface area contributed by atoms with Crippen LogP contribution in [0, 0.1) is 0 Å². The van der Waals surface area contributed by atoms with E-state index >= 15 is 0 Å². The van der Waals surface area contributed by atoms with Crippen LogP contribution in [0.1, 0.15) is 4.88 Å². The van der Waals surface area contributed by atoms with Gasteiger partial charge in [-0.15, -0.1) is 11.3 Å². The zero-order chi connectivity index (χ0) is 13.8. The van der Waals surface area contributed by atoms with Crippen molar-refractivity contribution in [2.75, 3.05) is 5.32 Å². The summed E-state index contributed by atoms with van der Waals surface area (Å²) in [4.78, 5) is 2.59. The Morgan fingerprint density at radius 3 is 2.40 bits per heavy atom. The Labute approximate surface area is 127 Å². The van der Waals surface area contributed by atoms with Crippen LogP contribution >= 0.6 is 22.9 Å². The van der Waals surface area contributed by atoms with Gasteiger partial charge in [0.05, 0.1) is 10.7 Å². The van der Waals surface area contributed by atoms with Crippen LogP contribution in [0.5, 0.6) is 0 Å². The van der Waals surface area contributed by atoms with Gasteiger partial charge in [0.1, 0.15) is 0 Å². The minimum Gasteiger partial charge on any atom is -0.379 e. The molecule has 0 amide bonds. The summed E-state index contributed by atoms with van der Waals surface area (Å²) in [6.07, 6.45) is 0. The third-order valence-corrected chi connectivity index (χ3v) is 4.51. The van der Waals surface area contributed by atoms with Crippen LogP contribution in [0.2, 0.25) is 5.02 Å². The number of para-hydroxylation sites is 1. The zero-order valence-electron chi connectivity index (χ0n) is 10.8. The first-order chi connectivity index (χ1) is 9.83. The molecule has 0 bridgehead atoms. The number of thiophene rings is 1. The Bertz CT molecular complexity index is 691. The molecule has 1 aromatic heterocycles. The van der Waals surface area contributed by atoms with Gasteiger partial charge in [-0.05, 0) is 29.8 Å². The fourth-order valence-electron chi connectivity index (χ4n) is 2.02. The summed E-state index contributed by atoms with van der Waals surface area (Å²) in [5.74, 6) is 0. The van der Waals surface area contributed by atoms with Crippen molar-refractivity contribution >= 4 is 28.6 Å². The van der Waals surface area contributed by atoms with Gasteiger partial charge in [-0.25, -0.2) is 0 Å². The SMILES string of the molecule is Clc1ccccc1NCc1ccc(-c2ccccc2)s1. The van der Waals surface area contributed by atoms with Crippen LogP contribution < -0.4 is 5.32 Å². The Morgan fingerprint density at radius 2 is 1.60 bits per heavy atom. The molecule has 0 aliphatic rings. The van der Waals surface area contributed by atoms with Gasteiger partial charge in [-0.3, -0.25) is 0 Å². The van der Waals surface area contributed by atoms with Crippen molar-refractivity contribution in [3.8, 4) is 10.4 Å². The van der Waals surface area contributed by atoms with Crippen molar-refractivity contribution in [2.24, 2.45) is 0 Å². The quantitative estimate of drug-likeness (QED) is 0.653. The van der Waals surface area contributed by atoms with E-state index in [1.165, 1.54) is 15.3 Å². The van der Waals surface area contributed by atoms with Crippen molar-refractivity contribution in [3.05, 3.63) is 76.6 Å². The number of halogens is 1. The Balaban J connectivity index is 1.71. The van der Waals surface area contributed by atoms with Crippen LogP contribution in [0.4, 0.5) is 5.69 Å². The average molecular weight is 300 g/mol. The maximum Gasteiger partial charge on any atom is 0.0637 e. The highest BCUT2D eigenvalue weighted by Gasteiger charge is 2.03. The summed E-state index contributed by atoms with van der Waals surface area (Å²) >= 11 is 7.94. The summed E-state index contributed by atoms with van der Waals surface area (Å²) in [6, 6.07) is 22.6. The minimum atomic E-state index is 0.757.